The van der Waals surface area contributed by atoms with E-state index >= 15 is 0 Å². The predicted molar refractivity (Wildman–Crippen MR) is 72.6 cm³/mol. The number of hydrogen-bond acceptors (Lipinski definition) is 2. The molecule has 2 nitrogen and oxygen atoms in total. The average Bonchev–Trinajstić information content (AvgIpc) is 2.94. The Morgan fingerprint density at radius 1 is 1.30 bits per heavy atom. The summed E-state index contributed by atoms with van der Waals surface area (Å²) in [6, 6.07) is 8.84. The molecule has 0 bridgehead atoms. The summed E-state index contributed by atoms with van der Waals surface area (Å²) in [6.07, 6.45) is 2.45. The first-order valence-corrected chi connectivity index (χ1v) is 6.90. The van der Waals surface area contributed by atoms with E-state index < -0.39 is 6.43 Å². The van der Waals surface area contributed by atoms with Crippen molar-refractivity contribution in [3.05, 3.63) is 59.0 Å². The molecule has 0 radical (unpaired) electrons. The number of alkyl halides is 2. The maximum atomic E-state index is 12.7. The maximum Gasteiger partial charge on any atom is 0.263 e. The van der Waals surface area contributed by atoms with Gasteiger partial charge in [0.1, 0.15) is 5.76 Å². The molecule has 106 valence electrons. The fourth-order valence-corrected chi connectivity index (χ4v) is 2.78. The molecule has 20 heavy (non-hydrogen) atoms. The highest BCUT2D eigenvalue weighted by Crippen LogP contribution is 2.30. The van der Waals surface area contributed by atoms with Crippen molar-refractivity contribution in [3.63, 3.8) is 0 Å². The minimum atomic E-state index is -2.41. The van der Waals surface area contributed by atoms with E-state index in [9.17, 15) is 8.78 Å². The molecule has 4 heteroatoms. The highest BCUT2D eigenvalue weighted by atomic mass is 19.3. The lowest BCUT2D eigenvalue weighted by molar-refractivity contribution is 0.151. The van der Waals surface area contributed by atoms with Crippen LogP contribution in [0.15, 0.2) is 41.0 Å². The van der Waals surface area contributed by atoms with E-state index in [2.05, 4.69) is 5.32 Å². The van der Waals surface area contributed by atoms with Gasteiger partial charge in [0.15, 0.2) is 0 Å². The molecule has 1 aliphatic rings. The van der Waals surface area contributed by atoms with Gasteiger partial charge < -0.3 is 9.73 Å². The van der Waals surface area contributed by atoms with E-state index in [0.29, 0.717) is 6.54 Å². The van der Waals surface area contributed by atoms with Crippen molar-refractivity contribution in [2.75, 3.05) is 0 Å². The monoisotopic (exact) mass is 277 g/mol. The standard InChI is InChI=1S/C16H17F2NO/c17-16(18)12-4-1-3-11(9-12)10-19-14-5-2-6-15-13(14)7-8-20-15/h1,3-4,7-9,14,16,19H,2,5-6,10H2. The van der Waals surface area contributed by atoms with Gasteiger partial charge in [0, 0.05) is 30.1 Å². The Bertz CT molecular complexity index is 579. The zero-order chi connectivity index (χ0) is 13.9. The second-order valence-corrected chi connectivity index (χ2v) is 5.17. The molecule has 1 aliphatic carbocycles. The molecule has 0 aliphatic heterocycles. The summed E-state index contributed by atoms with van der Waals surface area (Å²) in [4.78, 5) is 0. The van der Waals surface area contributed by atoms with Gasteiger partial charge in [-0.1, -0.05) is 18.2 Å². The predicted octanol–water partition coefficient (Wildman–Crippen LogP) is 4.38. The van der Waals surface area contributed by atoms with Gasteiger partial charge in [-0.25, -0.2) is 8.78 Å². The summed E-state index contributed by atoms with van der Waals surface area (Å²) in [5, 5.41) is 3.44. The Morgan fingerprint density at radius 3 is 3.05 bits per heavy atom. The van der Waals surface area contributed by atoms with Crippen molar-refractivity contribution >= 4 is 0 Å². The Morgan fingerprint density at radius 2 is 2.20 bits per heavy atom. The van der Waals surface area contributed by atoms with E-state index in [1.54, 1.807) is 18.4 Å². The lowest BCUT2D eigenvalue weighted by Gasteiger charge is -2.23. The molecule has 1 atom stereocenters. The van der Waals surface area contributed by atoms with Crippen molar-refractivity contribution in [1.29, 1.82) is 0 Å². The van der Waals surface area contributed by atoms with Gasteiger partial charge in [-0.3, -0.25) is 0 Å². The van der Waals surface area contributed by atoms with Gasteiger partial charge in [-0.15, -0.1) is 0 Å². The number of benzene rings is 1. The Kier molecular flexibility index (Phi) is 3.83. The molecule has 1 aromatic heterocycles. The van der Waals surface area contributed by atoms with Crippen molar-refractivity contribution in [3.8, 4) is 0 Å². The summed E-state index contributed by atoms with van der Waals surface area (Å²) >= 11 is 0. The van der Waals surface area contributed by atoms with Crippen molar-refractivity contribution in [1.82, 2.24) is 5.32 Å². The molecule has 0 saturated heterocycles. The summed E-state index contributed by atoms with van der Waals surface area (Å²) in [6.45, 7) is 0.593. The number of hydrogen-bond donors (Lipinski definition) is 1. The normalized spacial score (nSPS) is 18.2. The minimum Gasteiger partial charge on any atom is -0.469 e. The highest BCUT2D eigenvalue weighted by molar-refractivity contribution is 5.26. The van der Waals surface area contributed by atoms with Crippen LogP contribution < -0.4 is 5.32 Å². The van der Waals surface area contributed by atoms with E-state index in [1.807, 2.05) is 12.1 Å². The van der Waals surface area contributed by atoms with Crippen LogP contribution in [0, 0.1) is 0 Å². The van der Waals surface area contributed by atoms with Gasteiger partial charge in [0.25, 0.3) is 6.43 Å². The van der Waals surface area contributed by atoms with Crippen molar-refractivity contribution in [2.24, 2.45) is 0 Å². The van der Waals surface area contributed by atoms with Gasteiger partial charge in [-0.05, 0) is 30.5 Å². The van der Waals surface area contributed by atoms with Crippen LogP contribution in [0.5, 0.6) is 0 Å². The summed E-state index contributed by atoms with van der Waals surface area (Å²) in [5.41, 5.74) is 2.18. The van der Waals surface area contributed by atoms with Crippen molar-refractivity contribution < 1.29 is 13.2 Å². The molecule has 0 fully saturated rings. The van der Waals surface area contributed by atoms with E-state index in [4.69, 9.17) is 4.42 Å². The minimum absolute atomic E-state index is 0.0805. The quantitative estimate of drug-likeness (QED) is 0.897. The topological polar surface area (TPSA) is 25.2 Å². The van der Waals surface area contributed by atoms with Crippen LogP contribution in [0.25, 0.3) is 0 Å². The molecule has 1 unspecified atom stereocenters. The summed E-state index contributed by atoms with van der Waals surface area (Å²) in [5.74, 6) is 1.05. The number of halogens is 2. The van der Waals surface area contributed by atoms with E-state index in [1.165, 1.54) is 11.6 Å². The second-order valence-electron chi connectivity index (χ2n) is 5.17. The third-order valence-corrected chi connectivity index (χ3v) is 3.81. The smallest absolute Gasteiger partial charge is 0.263 e. The lowest BCUT2D eigenvalue weighted by Crippen LogP contribution is -2.24. The highest BCUT2D eigenvalue weighted by Gasteiger charge is 2.22. The molecule has 0 amide bonds. The number of furan rings is 1. The summed E-state index contributed by atoms with van der Waals surface area (Å²) < 4.78 is 30.8. The fraction of sp³-hybridized carbons (Fsp3) is 0.375. The zero-order valence-corrected chi connectivity index (χ0v) is 11.1. The SMILES string of the molecule is FC(F)c1cccc(CNC2CCCc3occc32)c1. The van der Waals surface area contributed by atoms with Crippen LogP contribution in [0.4, 0.5) is 8.78 Å². The van der Waals surface area contributed by atoms with Crippen LogP contribution in [-0.4, -0.2) is 0 Å². The molecule has 1 aromatic carbocycles. The lowest BCUT2D eigenvalue weighted by atomic mass is 9.93. The van der Waals surface area contributed by atoms with Gasteiger partial charge in [0.05, 0.1) is 6.26 Å². The van der Waals surface area contributed by atoms with Crippen LogP contribution in [-0.2, 0) is 13.0 Å². The molecule has 3 rings (SSSR count). The van der Waals surface area contributed by atoms with E-state index in [0.717, 1.165) is 30.6 Å². The number of rotatable bonds is 4. The third-order valence-electron chi connectivity index (χ3n) is 3.81. The largest absolute Gasteiger partial charge is 0.469 e. The Labute approximate surface area is 116 Å². The molecule has 1 heterocycles. The van der Waals surface area contributed by atoms with E-state index in [-0.39, 0.29) is 11.6 Å². The van der Waals surface area contributed by atoms with Crippen LogP contribution >= 0.6 is 0 Å². The van der Waals surface area contributed by atoms with Crippen LogP contribution in [0.1, 0.15) is 47.8 Å². The molecule has 2 aromatic rings. The zero-order valence-electron chi connectivity index (χ0n) is 11.1. The Balaban J connectivity index is 1.67. The second kappa shape index (κ2) is 5.75. The first kappa shape index (κ1) is 13.3. The van der Waals surface area contributed by atoms with Gasteiger partial charge >= 0.3 is 0 Å². The van der Waals surface area contributed by atoms with Crippen molar-refractivity contribution in [2.45, 2.75) is 38.3 Å². The molecule has 0 spiro atoms. The fourth-order valence-electron chi connectivity index (χ4n) is 2.78. The average molecular weight is 277 g/mol. The summed E-state index contributed by atoms with van der Waals surface area (Å²) in [7, 11) is 0. The first-order valence-electron chi connectivity index (χ1n) is 6.90. The van der Waals surface area contributed by atoms with Gasteiger partial charge in [0.2, 0.25) is 0 Å². The van der Waals surface area contributed by atoms with Crippen LogP contribution in [0.2, 0.25) is 0 Å². The molecule has 0 saturated carbocycles. The number of fused-ring (bicyclic) bond motifs is 1. The van der Waals surface area contributed by atoms with Crippen LogP contribution in [0.3, 0.4) is 0 Å². The number of nitrogens with one attached hydrogen (secondary N) is 1. The molecular formula is C16H17F2NO. The first-order chi connectivity index (χ1) is 9.74. The Hall–Kier alpha value is -1.68. The third kappa shape index (κ3) is 2.75. The number of aryl methyl sites for hydroxylation is 1. The molecular weight excluding hydrogens is 260 g/mol. The van der Waals surface area contributed by atoms with Gasteiger partial charge in [-0.2, -0.15) is 0 Å². The molecule has 1 N–H and O–H groups in total. The maximum absolute atomic E-state index is 12.7.